The van der Waals surface area contributed by atoms with Gasteiger partial charge in [0, 0.05) is 11.6 Å². The van der Waals surface area contributed by atoms with E-state index in [0.717, 1.165) is 36.5 Å². The molecule has 2 aromatic rings. The second kappa shape index (κ2) is 18.3. The molecule has 184 valence electrons. The van der Waals surface area contributed by atoms with Crippen LogP contribution >= 0.6 is 0 Å². The van der Waals surface area contributed by atoms with Crippen LogP contribution in [0.5, 0.6) is 11.6 Å². The van der Waals surface area contributed by atoms with Crippen molar-refractivity contribution >= 4 is 0 Å². The first-order valence-corrected chi connectivity index (χ1v) is 13.5. The molecule has 4 nitrogen and oxygen atoms in total. The van der Waals surface area contributed by atoms with E-state index in [9.17, 15) is 0 Å². The van der Waals surface area contributed by atoms with Crippen LogP contribution in [0.2, 0.25) is 0 Å². The quantitative estimate of drug-likeness (QED) is 0.187. The maximum atomic E-state index is 5.87. The molecule has 33 heavy (non-hydrogen) atoms. The summed E-state index contributed by atoms with van der Waals surface area (Å²) < 4.78 is 11.6. The Morgan fingerprint density at radius 3 is 1.55 bits per heavy atom. The first-order valence-electron chi connectivity index (χ1n) is 13.5. The molecular formula is C29H46N2O2. The minimum absolute atomic E-state index is 0.609. The monoisotopic (exact) mass is 454 g/mol. The number of hydrogen-bond donors (Lipinski definition) is 0. The number of rotatable bonds is 20. The third-order valence-electron chi connectivity index (χ3n) is 6.05. The lowest BCUT2D eigenvalue weighted by Gasteiger charge is -2.08. The Labute approximate surface area is 202 Å². The molecule has 2 rings (SSSR count). The van der Waals surface area contributed by atoms with Crippen LogP contribution in [-0.2, 0) is 0 Å². The van der Waals surface area contributed by atoms with Gasteiger partial charge in [-0.2, -0.15) is 0 Å². The molecule has 0 fully saturated rings. The van der Waals surface area contributed by atoms with Crippen LogP contribution in [-0.4, -0.2) is 23.4 Å². The SMILES string of the molecule is CCCCCCCCCCCOc1ccc(-c2ccc(OCCCCCCCC)cc2)nn1. The summed E-state index contributed by atoms with van der Waals surface area (Å²) in [5.74, 6) is 1.53. The normalized spacial score (nSPS) is 11.0. The largest absolute Gasteiger partial charge is 0.494 e. The van der Waals surface area contributed by atoms with Crippen molar-refractivity contribution in [3.05, 3.63) is 36.4 Å². The molecule has 0 saturated carbocycles. The van der Waals surface area contributed by atoms with E-state index in [2.05, 4.69) is 24.0 Å². The summed E-state index contributed by atoms with van der Waals surface area (Å²) in [4.78, 5) is 0. The highest BCUT2D eigenvalue weighted by molar-refractivity contribution is 5.59. The highest BCUT2D eigenvalue weighted by Crippen LogP contribution is 2.22. The predicted octanol–water partition coefficient (Wildman–Crippen LogP) is 8.79. The molecule has 0 N–H and O–H groups in total. The van der Waals surface area contributed by atoms with Gasteiger partial charge in [-0.25, -0.2) is 0 Å². The van der Waals surface area contributed by atoms with Crippen LogP contribution in [0.25, 0.3) is 11.3 Å². The van der Waals surface area contributed by atoms with Crippen LogP contribution in [0, 0.1) is 0 Å². The number of ether oxygens (including phenoxy) is 2. The fourth-order valence-electron chi connectivity index (χ4n) is 3.93. The molecule has 0 aliphatic carbocycles. The van der Waals surface area contributed by atoms with Gasteiger partial charge in [0.25, 0.3) is 0 Å². The Hall–Kier alpha value is -2.10. The number of nitrogens with zero attached hydrogens (tertiary/aromatic N) is 2. The molecule has 1 aromatic carbocycles. The van der Waals surface area contributed by atoms with E-state index in [4.69, 9.17) is 9.47 Å². The average molecular weight is 455 g/mol. The van der Waals surface area contributed by atoms with Crippen LogP contribution in [0.4, 0.5) is 0 Å². The summed E-state index contributed by atoms with van der Waals surface area (Å²) >= 11 is 0. The molecule has 1 aromatic heterocycles. The van der Waals surface area contributed by atoms with Crippen molar-refractivity contribution in [3.63, 3.8) is 0 Å². The van der Waals surface area contributed by atoms with Gasteiger partial charge in [-0.15, -0.1) is 10.2 Å². The Balaban J connectivity index is 1.58. The zero-order valence-corrected chi connectivity index (χ0v) is 21.2. The summed E-state index contributed by atoms with van der Waals surface area (Å²) in [6.45, 7) is 6.02. The van der Waals surface area contributed by atoms with Crippen molar-refractivity contribution in [2.45, 2.75) is 110 Å². The zero-order valence-electron chi connectivity index (χ0n) is 21.2. The van der Waals surface area contributed by atoms with Crippen molar-refractivity contribution in [2.75, 3.05) is 13.2 Å². The lowest BCUT2D eigenvalue weighted by atomic mass is 10.1. The van der Waals surface area contributed by atoms with Gasteiger partial charge in [-0.3, -0.25) is 0 Å². The van der Waals surface area contributed by atoms with Gasteiger partial charge in [0.1, 0.15) is 5.75 Å². The Kier molecular flexibility index (Phi) is 15.1. The van der Waals surface area contributed by atoms with Crippen LogP contribution in [0.3, 0.4) is 0 Å². The summed E-state index contributed by atoms with van der Waals surface area (Å²) in [5, 5.41) is 8.58. The smallest absolute Gasteiger partial charge is 0.233 e. The van der Waals surface area contributed by atoms with E-state index in [-0.39, 0.29) is 0 Å². The van der Waals surface area contributed by atoms with E-state index >= 15 is 0 Å². The summed E-state index contributed by atoms with van der Waals surface area (Å²) in [6.07, 6.45) is 19.5. The van der Waals surface area contributed by atoms with Gasteiger partial charge < -0.3 is 9.47 Å². The highest BCUT2D eigenvalue weighted by atomic mass is 16.5. The molecule has 0 spiro atoms. The lowest BCUT2D eigenvalue weighted by molar-refractivity contribution is 0.290. The maximum Gasteiger partial charge on any atom is 0.233 e. The molecule has 0 bridgehead atoms. The molecule has 4 heteroatoms. The molecule has 0 unspecified atom stereocenters. The molecular weight excluding hydrogens is 408 g/mol. The molecule has 1 heterocycles. The van der Waals surface area contributed by atoms with Crippen molar-refractivity contribution in [3.8, 4) is 22.9 Å². The van der Waals surface area contributed by atoms with Crippen molar-refractivity contribution in [1.29, 1.82) is 0 Å². The van der Waals surface area contributed by atoms with Crippen molar-refractivity contribution in [1.82, 2.24) is 10.2 Å². The number of unbranched alkanes of at least 4 members (excludes halogenated alkanes) is 13. The molecule has 0 aliphatic rings. The first-order chi connectivity index (χ1) is 16.3. The summed E-state index contributed by atoms with van der Waals surface area (Å²) in [5.41, 5.74) is 1.90. The average Bonchev–Trinajstić information content (AvgIpc) is 2.85. The van der Waals surface area contributed by atoms with E-state index in [0.29, 0.717) is 12.5 Å². The van der Waals surface area contributed by atoms with Gasteiger partial charge in [-0.1, -0.05) is 97.3 Å². The van der Waals surface area contributed by atoms with Crippen LogP contribution < -0.4 is 9.47 Å². The second-order valence-electron chi connectivity index (χ2n) is 9.07. The van der Waals surface area contributed by atoms with Gasteiger partial charge in [0.15, 0.2) is 0 Å². The van der Waals surface area contributed by atoms with Crippen molar-refractivity contribution in [2.24, 2.45) is 0 Å². The predicted molar refractivity (Wildman–Crippen MR) is 139 cm³/mol. The molecule has 0 radical (unpaired) electrons. The highest BCUT2D eigenvalue weighted by Gasteiger charge is 2.03. The van der Waals surface area contributed by atoms with E-state index in [1.807, 2.05) is 36.4 Å². The molecule has 0 atom stereocenters. The Morgan fingerprint density at radius 1 is 0.515 bits per heavy atom. The van der Waals surface area contributed by atoms with E-state index in [1.54, 1.807) is 0 Å². The fourth-order valence-corrected chi connectivity index (χ4v) is 3.93. The maximum absolute atomic E-state index is 5.87. The van der Waals surface area contributed by atoms with E-state index in [1.165, 1.54) is 83.5 Å². The lowest BCUT2D eigenvalue weighted by Crippen LogP contribution is -2.00. The third kappa shape index (κ3) is 12.6. The summed E-state index contributed by atoms with van der Waals surface area (Å²) in [7, 11) is 0. The van der Waals surface area contributed by atoms with Crippen molar-refractivity contribution < 1.29 is 9.47 Å². The number of benzene rings is 1. The van der Waals surface area contributed by atoms with Gasteiger partial charge in [-0.05, 0) is 43.2 Å². The minimum atomic E-state index is 0.609. The first kappa shape index (κ1) is 27.1. The Morgan fingerprint density at radius 2 is 1.03 bits per heavy atom. The molecule has 0 saturated heterocycles. The second-order valence-corrected chi connectivity index (χ2v) is 9.07. The van der Waals surface area contributed by atoms with E-state index < -0.39 is 0 Å². The Bertz CT molecular complexity index is 701. The van der Waals surface area contributed by atoms with Gasteiger partial charge in [0.2, 0.25) is 5.88 Å². The number of aromatic nitrogens is 2. The number of hydrogen-bond acceptors (Lipinski definition) is 4. The topological polar surface area (TPSA) is 44.2 Å². The molecule has 0 aliphatic heterocycles. The van der Waals surface area contributed by atoms with Crippen LogP contribution in [0.1, 0.15) is 110 Å². The van der Waals surface area contributed by atoms with Gasteiger partial charge >= 0.3 is 0 Å². The van der Waals surface area contributed by atoms with Crippen LogP contribution in [0.15, 0.2) is 36.4 Å². The zero-order chi connectivity index (χ0) is 23.4. The minimum Gasteiger partial charge on any atom is -0.494 e. The molecule has 0 amide bonds. The third-order valence-corrected chi connectivity index (χ3v) is 6.05. The van der Waals surface area contributed by atoms with Gasteiger partial charge in [0.05, 0.1) is 18.9 Å². The standard InChI is InChI=1S/C29H46N2O2/c1-3-5-7-9-11-12-13-15-17-25-33-29-23-22-28(30-31-29)26-18-20-27(21-19-26)32-24-16-14-10-8-6-4-2/h18-23H,3-17,24-25H2,1-2H3. The summed E-state index contributed by atoms with van der Waals surface area (Å²) in [6, 6.07) is 12.0. The fraction of sp³-hybridized carbons (Fsp3) is 0.655.